The molecule has 0 atom stereocenters. The minimum Gasteiger partial charge on any atom is -0.489 e. The molecule has 4 nitrogen and oxygen atoms in total. The van der Waals surface area contributed by atoms with Gasteiger partial charge in [-0.05, 0) is 46.8 Å². The molecule has 2 aromatic carbocycles. The number of fused-ring (bicyclic) bond motifs is 1. The molecule has 114 valence electrons. The molecule has 4 heteroatoms. The normalized spacial score (nSPS) is 10.4. The highest BCUT2D eigenvalue weighted by molar-refractivity contribution is 5.79. The zero-order chi connectivity index (χ0) is 16.2. The van der Waals surface area contributed by atoms with Crippen LogP contribution in [-0.2, 0) is 20.1 Å². The molecule has 3 aromatic rings. The van der Waals surface area contributed by atoms with E-state index in [2.05, 4.69) is 6.07 Å². The lowest BCUT2D eigenvalue weighted by atomic mass is 10.1. The average molecular weight is 304 g/mol. The first-order chi connectivity index (χ1) is 11.2. The highest BCUT2D eigenvalue weighted by Crippen LogP contribution is 2.18. The molecule has 0 N–H and O–H groups in total. The Bertz CT molecular complexity index is 951. The number of aryl methyl sites for hydroxylation is 1. The van der Waals surface area contributed by atoms with E-state index in [0.29, 0.717) is 13.0 Å². The van der Waals surface area contributed by atoms with Gasteiger partial charge in [-0.3, -0.25) is 4.79 Å². The topological polar surface area (TPSA) is 55.0 Å². The first-order valence-corrected chi connectivity index (χ1v) is 7.35. The number of nitrogens with zero attached hydrogens (tertiary/aromatic N) is 2. The third-order valence-corrected chi connectivity index (χ3v) is 3.78. The maximum absolute atomic E-state index is 11.6. The third-order valence-electron chi connectivity index (χ3n) is 3.78. The zero-order valence-electron chi connectivity index (χ0n) is 12.8. The van der Waals surface area contributed by atoms with E-state index in [0.717, 1.165) is 27.8 Å². The second-order valence-corrected chi connectivity index (χ2v) is 5.39. The van der Waals surface area contributed by atoms with Crippen molar-refractivity contribution < 1.29 is 4.74 Å². The lowest BCUT2D eigenvalue weighted by Gasteiger charge is -2.09. The summed E-state index contributed by atoms with van der Waals surface area (Å²) in [4.78, 5) is 11.6. The van der Waals surface area contributed by atoms with Gasteiger partial charge in [0, 0.05) is 13.1 Å². The number of benzene rings is 2. The van der Waals surface area contributed by atoms with E-state index >= 15 is 0 Å². The van der Waals surface area contributed by atoms with Gasteiger partial charge in [-0.1, -0.05) is 18.2 Å². The number of hydrogen-bond donors (Lipinski definition) is 0. The van der Waals surface area contributed by atoms with Gasteiger partial charge in [0.15, 0.2) is 0 Å². The monoisotopic (exact) mass is 304 g/mol. The first kappa shape index (κ1) is 14.9. The maximum atomic E-state index is 11.6. The van der Waals surface area contributed by atoms with Crippen molar-refractivity contribution in [2.45, 2.75) is 13.0 Å². The number of ether oxygens (including phenoxy) is 1. The Labute approximate surface area is 134 Å². The SMILES string of the molecule is Cn1c(=O)ccc2cc(COc3cccc(CC#N)c3)ccc21. The van der Waals surface area contributed by atoms with E-state index in [1.54, 1.807) is 17.7 Å². The molecule has 3 rings (SSSR count). The Morgan fingerprint density at radius 3 is 2.78 bits per heavy atom. The summed E-state index contributed by atoms with van der Waals surface area (Å²) in [6.45, 7) is 0.439. The highest BCUT2D eigenvalue weighted by Gasteiger charge is 2.02. The van der Waals surface area contributed by atoms with Crippen LogP contribution >= 0.6 is 0 Å². The maximum Gasteiger partial charge on any atom is 0.250 e. The van der Waals surface area contributed by atoms with Crippen LogP contribution in [0.2, 0.25) is 0 Å². The molecule has 0 saturated carbocycles. The fourth-order valence-electron chi connectivity index (χ4n) is 2.53. The highest BCUT2D eigenvalue weighted by atomic mass is 16.5. The number of aromatic nitrogens is 1. The molecule has 1 aromatic heterocycles. The molecule has 0 aliphatic rings. The molecule has 23 heavy (non-hydrogen) atoms. The Kier molecular flexibility index (Phi) is 4.11. The summed E-state index contributed by atoms with van der Waals surface area (Å²) >= 11 is 0. The molecule has 0 amide bonds. The molecule has 0 spiro atoms. The molecule has 0 aliphatic heterocycles. The van der Waals surface area contributed by atoms with Crippen LogP contribution in [0.3, 0.4) is 0 Å². The number of hydrogen-bond acceptors (Lipinski definition) is 3. The Morgan fingerprint density at radius 2 is 1.96 bits per heavy atom. The van der Waals surface area contributed by atoms with Crippen molar-refractivity contribution >= 4 is 10.9 Å². The zero-order valence-corrected chi connectivity index (χ0v) is 12.8. The van der Waals surface area contributed by atoms with E-state index in [-0.39, 0.29) is 5.56 Å². The van der Waals surface area contributed by atoms with Gasteiger partial charge in [0.1, 0.15) is 12.4 Å². The van der Waals surface area contributed by atoms with E-state index in [1.807, 2.05) is 48.5 Å². The summed E-state index contributed by atoms with van der Waals surface area (Å²) in [5.74, 6) is 0.748. The van der Waals surface area contributed by atoms with Crippen LogP contribution < -0.4 is 10.3 Å². The summed E-state index contributed by atoms with van der Waals surface area (Å²) in [5, 5.41) is 9.75. The molecule has 0 aliphatic carbocycles. The van der Waals surface area contributed by atoms with Gasteiger partial charge in [0.2, 0.25) is 0 Å². The average Bonchev–Trinajstić information content (AvgIpc) is 2.57. The molecular weight excluding hydrogens is 288 g/mol. The van der Waals surface area contributed by atoms with Crippen molar-refractivity contribution in [3.63, 3.8) is 0 Å². The summed E-state index contributed by atoms with van der Waals surface area (Å²) in [5.41, 5.74) is 2.86. The summed E-state index contributed by atoms with van der Waals surface area (Å²) in [6, 6.07) is 19.0. The standard InChI is InChI=1S/C19H16N2O2/c1-21-18-7-5-15(11-16(18)6-8-19(21)22)13-23-17-4-2-3-14(12-17)9-10-20/h2-8,11-12H,9,13H2,1H3. The van der Waals surface area contributed by atoms with Crippen molar-refractivity contribution in [3.8, 4) is 11.8 Å². The van der Waals surface area contributed by atoms with Gasteiger partial charge in [-0.25, -0.2) is 0 Å². The van der Waals surface area contributed by atoms with Crippen LogP contribution in [0.25, 0.3) is 10.9 Å². The molecule has 0 fully saturated rings. The number of pyridine rings is 1. The van der Waals surface area contributed by atoms with Crippen molar-refractivity contribution in [3.05, 3.63) is 76.1 Å². The van der Waals surface area contributed by atoms with E-state index in [1.165, 1.54) is 0 Å². The summed E-state index contributed by atoms with van der Waals surface area (Å²) in [7, 11) is 1.77. The second kappa shape index (κ2) is 6.37. The van der Waals surface area contributed by atoms with Crippen LogP contribution in [0.4, 0.5) is 0 Å². The van der Waals surface area contributed by atoms with Gasteiger partial charge in [-0.15, -0.1) is 0 Å². The van der Waals surface area contributed by atoms with Crippen LogP contribution in [-0.4, -0.2) is 4.57 Å². The minimum atomic E-state index is -0.0178. The van der Waals surface area contributed by atoms with Crippen LogP contribution in [0.15, 0.2) is 59.4 Å². The predicted molar refractivity (Wildman–Crippen MR) is 89.3 cm³/mol. The first-order valence-electron chi connectivity index (χ1n) is 7.35. The fourth-order valence-corrected chi connectivity index (χ4v) is 2.53. The summed E-state index contributed by atoms with van der Waals surface area (Å²) < 4.78 is 7.43. The smallest absolute Gasteiger partial charge is 0.250 e. The predicted octanol–water partition coefficient (Wildman–Crippen LogP) is 3.18. The van der Waals surface area contributed by atoms with Gasteiger partial charge < -0.3 is 9.30 Å². The Morgan fingerprint density at radius 1 is 1.09 bits per heavy atom. The fraction of sp³-hybridized carbons (Fsp3) is 0.158. The molecular formula is C19H16N2O2. The van der Waals surface area contributed by atoms with Gasteiger partial charge in [-0.2, -0.15) is 5.26 Å². The molecule has 1 heterocycles. The summed E-state index contributed by atoms with van der Waals surface area (Å²) in [6.07, 6.45) is 0.376. The van der Waals surface area contributed by atoms with E-state index in [9.17, 15) is 4.79 Å². The van der Waals surface area contributed by atoms with Gasteiger partial charge in [0.05, 0.1) is 18.0 Å². The molecule has 0 bridgehead atoms. The lowest BCUT2D eigenvalue weighted by Crippen LogP contribution is -2.15. The Hall–Kier alpha value is -3.06. The van der Waals surface area contributed by atoms with Crippen LogP contribution in [0, 0.1) is 11.3 Å². The number of rotatable bonds is 4. The van der Waals surface area contributed by atoms with Gasteiger partial charge in [0.25, 0.3) is 5.56 Å². The minimum absolute atomic E-state index is 0.0178. The van der Waals surface area contributed by atoms with E-state index in [4.69, 9.17) is 10.00 Å². The van der Waals surface area contributed by atoms with Crippen molar-refractivity contribution in [2.24, 2.45) is 7.05 Å². The van der Waals surface area contributed by atoms with Crippen molar-refractivity contribution in [1.29, 1.82) is 5.26 Å². The van der Waals surface area contributed by atoms with Crippen LogP contribution in [0.1, 0.15) is 11.1 Å². The van der Waals surface area contributed by atoms with Crippen LogP contribution in [0.5, 0.6) is 5.75 Å². The Balaban J connectivity index is 1.80. The van der Waals surface area contributed by atoms with Crippen molar-refractivity contribution in [1.82, 2.24) is 4.57 Å². The van der Waals surface area contributed by atoms with E-state index < -0.39 is 0 Å². The molecule has 0 saturated heterocycles. The van der Waals surface area contributed by atoms with Gasteiger partial charge >= 0.3 is 0 Å². The number of nitriles is 1. The third kappa shape index (κ3) is 3.24. The quantitative estimate of drug-likeness (QED) is 0.744. The lowest BCUT2D eigenvalue weighted by molar-refractivity contribution is 0.306. The molecule has 0 radical (unpaired) electrons. The molecule has 0 unspecified atom stereocenters. The second-order valence-electron chi connectivity index (χ2n) is 5.39. The van der Waals surface area contributed by atoms with Crippen molar-refractivity contribution in [2.75, 3.05) is 0 Å². The largest absolute Gasteiger partial charge is 0.489 e.